The molecule has 0 saturated carbocycles. The van der Waals surface area contributed by atoms with Crippen molar-refractivity contribution in [2.24, 2.45) is 5.11 Å². The van der Waals surface area contributed by atoms with Gasteiger partial charge in [0.15, 0.2) is 0 Å². The van der Waals surface area contributed by atoms with E-state index in [1.165, 1.54) is 0 Å². The van der Waals surface area contributed by atoms with Crippen molar-refractivity contribution in [3.05, 3.63) is 46.3 Å². The first-order valence-electron chi connectivity index (χ1n) is 9.34. The zero-order chi connectivity index (χ0) is 21.7. The molecule has 0 saturated heterocycles. The molecule has 0 spiro atoms. The van der Waals surface area contributed by atoms with Gasteiger partial charge in [0, 0.05) is 11.5 Å². The van der Waals surface area contributed by atoms with Gasteiger partial charge in [0.2, 0.25) is 0 Å². The van der Waals surface area contributed by atoms with Crippen molar-refractivity contribution >= 4 is 18.1 Å². The summed E-state index contributed by atoms with van der Waals surface area (Å²) in [5, 5.41) is 15.1. The van der Waals surface area contributed by atoms with Gasteiger partial charge in [0.05, 0.1) is 6.61 Å². The van der Waals surface area contributed by atoms with Crippen molar-refractivity contribution in [1.29, 1.82) is 0 Å². The number of hydrogen-bond acceptors (Lipinski definition) is 5. The van der Waals surface area contributed by atoms with Crippen LogP contribution in [0.2, 0.25) is 0 Å². The van der Waals surface area contributed by atoms with Gasteiger partial charge in [-0.05, 0) is 63.3 Å². The van der Waals surface area contributed by atoms with Crippen LogP contribution >= 0.6 is 0 Å². The quantitative estimate of drug-likeness (QED) is 0.242. The van der Waals surface area contributed by atoms with Gasteiger partial charge in [-0.15, -0.1) is 0 Å². The van der Waals surface area contributed by atoms with E-state index in [-0.39, 0.29) is 6.42 Å². The number of rotatable bonds is 11. The average Bonchev–Trinajstić information content (AvgIpc) is 2.63. The molecule has 0 unspecified atom stereocenters. The predicted molar refractivity (Wildman–Crippen MR) is 110 cm³/mol. The number of amides is 1. The third-order valence-electron chi connectivity index (χ3n) is 3.54. The van der Waals surface area contributed by atoms with Crippen LogP contribution in [0.25, 0.3) is 16.5 Å². The molecule has 0 aliphatic carbocycles. The lowest BCUT2D eigenvalue weighted by atomic mass is 10.1. The zero-order valence-electron chi connectivity index (χ0n) is 17.0. The number of carbonyl (C=O) groups excluding carboxylic acids is 1. The highest BCUT2D eigenvalue weighted by Gasteiger charge is 2.22. The Morgan fingerprint density at radius 2 is 1.97 bits per heavy atom. The van der Waals surface area contributed by atoms with Crippen molar-refractivity contribution in [1.82, 2.24) is 5.32 Å². The number of carbonyl (C=O) groups is 2. The summed E-state index contributed by atoms with van der Waals surface area (Å²) in [6.07, 6.45) is 4.38. The maximum Gasteiger partial charge on any atom is 0.408 e. The normalized spacial score (nSPS) is 12.1. The third-order valence-corrected chi connectivity index (χ3v) is 3.54. The molecular formula is C20H28N4O5. The number of carboxylic acids is 1. The van der Waals surface area contributed by atoms with E-state index in [1.54, 1.807) is 32.9 Å². The Morgan fingerprint density at radius 1 is 1.28 bits per heavy atom. The van der Waals surface area contributed by atoms with Crippen LogP contribution in [0.3, 0.4) is 0 Å². The minimum Gasteiger partial charge on any atom is -0.494 e. The van der Waals surface area contributed by atoms with E-state index in [2.05, 4.69) is 15.3 Å². The van der Waals surface area contributed by atoms with Crippen LogP contribution in [0.1, 0.15) is 45.6 Å². The van der Waals surface area contributed by atoms with Crippen molar-refractivity contribution in [2.75, 3.05) is 13.2 Å². The molecule has 1 rings (SSSR count). The Labute approximate surface area is 170 Å². The number of aliphatic carboxylic acids is 1. The topological polar surface area (TPSA) is 134 Å². The Hall–Kier alpha value is -3.19. The van der Waals surface area contributed by atoms with Crippen LogP contribution in [-0.2, 0) is 9.53 Å². The molecule has 0 fully saturated rings. The van der Waals surface area contributed by atoms with Gasteiger partial charge >= 0.3 is 12.1 Å². The molecule has 0 aromatic heterocycles. The molecule has 0 aliphatic rings. The lowest BCUT2D eigenvalue weighted by molar-refractivity contribution is -0.139. The molecule has 1 aromatic rings. The van der Waals surface area contributed by atoms with Crippen LogP contribution in [-0.4, -0.2) is 42.0 Å². The fraction of sp³-hybridized carbons (Fsp3) is 0.500. The zero-order valence-corrected chi connectivity index (χ0v) is 17.0. The largest absolute Gasteiger partial charge is 0.494 e. The number of carboxylic acid groups (broad SMARTS) is 1. The third kappa shape index (κ3) is 11.3. The number of ether oxygens (including phenoxy) is 2. The predicted octanol–water partition coefficient (Wildman–Crippen LogP) is 4.54. The number of azide groups is 1. The Bertz CT molecular complexity index is 734. The van der Waals surface area contributed by atoms with Gasteiger partial charge < -0.3 is 19.9 Å². The molecule has 158 valence electrons. The highest BCUT2D eigenvalue weighted by atomic mass is 16.6. The molecule has 0 aliphatic heterocycles. The number of nitrogens with one attached hydrogen (secondary N) is 1. The van der Waals surface area contributed by atoms with Crippen molar-refractivity contribution in [3.8, 4) is 5.75 Å². The second-order valence-electron chi connectivity index (χ2n) is 7.25. The summed E-state index contributed by atoms with van der Waals surface area (Å²) in [6, 6.07) is 6.27. The second-order valence-corrected chi connectivity index (χ2v) is 7.25. The lowest BCUT2D eigenvalue weighted by Crippen LogP contribution is -2.43. The monoisotopic (exact) mass is 404 g/mol. The van der Waals surface area contributed by atoms with Crippen molar-refractivity contribution in [2.45, 2.75) is 51.7 Å². The van der Waals surface area contributed by atoms with Gasteiger partial charge in [0.25, 0.3) is 0 Å². The van der Waals surface area contributed by atoms with E-state index in [4.69, 9.17) is 15.0 Å². The summed E-state index contributed by atoms with van der Waals surface area (Å²) in [5.74, 6) is -0.411. The first kappa shape index (κ1) is 23.8. The van der Waals surface area contributed by atoms with E-state index >= 15 is 0 Å². The summed E-state index contributed by atoms with van der Waals surface area (Å²) in [7, 11) is 0. The van der Waals surface area contributed by atoms with E-state index in [0.717, 1.165) is 24.2 Å². The maximum atomic E-state index is 11.7. The smallest absolute Gasteiger partial charge is 0.408 e. The van der Waals surface area contributed by atoms with Gasteiger partial charge in [-0.3, -0.25) is 0 Å². The molecule has 29 heavy (non-hydrogen) atoms. The van der Waals surface area contributed by atoms with Gasteiger partial charge in [0.1, 0.15) is 17.4 Å². The van der Waals surface area contributed by atoms with E-state index in [1.807, 2.05) is 24.3 Å². The number of nitrogens with zero attached hydrogens (tertiary/aromatic N) is 3. The first-order chi connectivity index (χ1) is 13.7. The molecule has 1 atom stereocenters. The molecule has 1 amide bonds. The Kier molecular flexibility index (Phi) is 10.1. The van der Waals surface area contributed by atoms with Crippen LogP contribution in [0, 0.1) is 0 Å². The number of hydrogen-bond donors (Lipinski definition) is 2. The summed E-state index contributed by atoms with van der Waals surface area (Å²) < 4.78 is 10.7. The van der Waals surface area contributed by atoms with Crippen LogP contribution in [0.15, 0.2) is 35.5 Å². The molecule has 0 bridgehead atoms. The van der Waals surface area contributed by atoms with Gasteiger partial charge in [-0.2, -0.15) is 0 Å². The molecule has 2 N–H and O–H groups in total. The van der Waals surface area contributed by atoms with Gasteiger partial charge in [-0.1, -0.05) is 29.4 Å². The standard InChI is InChI=1S/C20H28N4O5/c1-20(2,3)29-19(27)23-17(18(25)26)8-6-7-15-9-11-16(12-10-15)28-14-5-4-13-22-24-21/h6-7,9-12,17H,4-5,8,13-14H2,1-3H3,(H,23,27)(H,25,26)/b7-6-/t17-/m0/s1. The van der Waals surface area contributed by atoms with Crippen LogP contribution < -0.4 is 10.1 Å². The number of alkyl carbamates (subject to hydrolysis) is 1. The Morgan fingerprint density at radius 3 is 2.55 bits per heavy atom. The summed E-state index contributed by atoms with van der Waals surface area (Å²) >= 11 is 0. The number of unbranched alkanes of at least 4 members (excludes halogenated alkanes) is 1. The lowest BCUT2D eigenvalue weighted by Gasteiger charge is -2.21. The molecule has 1 aromatic carbocycles. The fourth-order valence-electron chi connectivity index (χ4n) is 2.21. The van der Waals surface area contributed by atoms with Crippen molar-refractivity contribution in [3.63, 3.8) is 0 Å². The van der Waals surface area contributed by atoms with Crippen LogP contribution in [0.5, 0.6) is 5.75 Å². The second kappa shape index (κ2) is 12.3. The van der Waals surface area contributed by atoms with E-state index in [9.17, 15) is 14.7 Å². The molecular weight excluding hydrogens is 376 g/mol. The molecule has 0 heterocycles. The van der Waals surface area contributed by atoms with E-state index < -0.39 is 23.7 Å². The van der Waals surface area contributed by atoms with Crippen LogP contribution in [0.4, 0.5) is 4.79 Å². The average molecular weight is 404 g/mol. The molecule has 0 radical (unpaired) electrons. The highest BCUT2D eigenvalue weighted by Crippen LogP contribution is 2.14. The summed E-state index contributed by atoms with van der Waals surface area (Å²) in [4.78, 5) is 25.8. The number of benzene rings is 1. The minimum atomic E-state index is -1.13. The highest BCUT2D eigenvalue weighted by molar-refractivity contribution is 5.80. The molecule has 9 heteroatoms. The van der Waals surface area contributed by atoms with Gasteiger partial charge in [-0.25, -0.2) is 9.59 Å². The summed E-state index contributed by atoms with van der Waals surface area (Å²) in [5.41, 5.74) is 8.37. The van der Waals surface area contributed by atoms with Crippen molar-refractivity contribution < 1.29 is 24.2 Å². The Balaban J connectivity index is 2.47. The van der Waals surface area contributed by atoms with E-state index in [0.29, 0.717) is 13.2 Å². The minimum absolute atomic E-state index is 0.123. The fourth-order valence-corrected chi connectivity index (χ4v) is 2.21. The maximum absolute atomic E-state index is 11.7. The SMILES string of the molecule is CC(C)(C)OC(=O)N[C@@H](C/C=C\c1ccc(OCCCCN=[N+]=[N-])cc1)C(=O)O. The molecule has 9 nitrogen and oxygen atoms in total. The summed E-state index contributed by atoms with van der Waals surface area (Å²) in [6.45, 7) is 6.12. The first-order valence-corrected chi connectivity index (χ1v) is 9.34.